The van der Waals surface area contributed by atoms with Gasteiger partial charge in [0, 0.05) is 0 Å². The number of hydrogen-bond donors (Lipinski definition) is 1. The van der Waals surface area contributed by atoms with Gasteiger partial charge in [-0.1, -0.05) is 20.8 Å². The summed E-state index contributed by atoms with van der Waals surface area (Å²) in [6.07, 6.45) is 4.81. The Balaban J connectivity index is 2.21. The van der Waals surface area contributed by atoms with Gasteiger partial charge in [0.2, 0.25) is 0 Å². The van der Waals surface area contributed by atoms with E-state index >= 15 is 0 Å². The highest BCUT2D eigenvalue weighted by atomic mass is 16.5. The molecule has 1 saturated heterocycles. The Morgan fingerprint density at radius 3 is 2.43 bits per heavy atom. The molecule has 0 amide bonds. The smallest absolute Gasteiger partial charge is 0.0589 e. The summed E-state index contributed by atoms with van der Waals surface area (Å²) >= 11 is 0. The van der Waals surface area contributed by atoms with E-state index in [1.54, 1.807) is 0 Å². The molecule has 0 aliphatic carbocycles. The fraction of sp³-hybridized carbons (Fsp3) is 1.00. The average molecular weight is 200 g/mol. The molecule has 2 nitrogen and oxygen atoms in total. The molecule has 1 heterocycles. The SMILES string of the molecule is CC1CCC(CCC(O)C(C)(C)C)O1. The summed E-state index contributed by atoms with van der Waals surface area (Å²) in [6, 6.07) is 0. The molecule has 3 atom stereocenters. The van der Waals surface area contributed by atoms with Gasteiger partial charge in [0.15, 0.2) is 0 Å². The third-order valence-corrected chi connectivity index (χ3v) is 3.08. The van der Waals surface area contributed by atoms with E-state index in [9.17, 15) is 5.11 Å². The van der Waals surface area contributed by atoms with Crippen LogP contribution in [-0.2, 0) is 4.74 Å². The molecule has 0 aromatic rings. The van der Waals surface area contributed by atoms with E-state index < -0.39 is 0 Å². The predicted molar refractivity (Wildman–Crippen MR) is 58.3 cm³/mol. The quantitative estimate of drug-likeness (QED) is 0.759. The molecule has 0 aromatic heterocycles. The molecule has 1 fully saturated rings. The molecule has 1 N–H and O–H groups in total. The normalized spacial score (nSPS) is 30.6. The van der Waals surface area contributed by atoms with Crippen LogP contribution < -0.4 is 0 Å². The summed E-state index contributed by atoms with van der Waals surface area (Å²) in [5, 5.41) is 9.86. The van der Waals surface area contributed by atoms with Gasteiger partial charge in [-0.15, -0.1) is 0 Å². The standard InChI is InChI=1S/C12H24O2/c1-9-5-6-10(14-9)7-8-11(13)12(2,3)4/h9-11,13H,5-8H2,1-4H3. The highest BCUT2D eigenvalue weighted by Crippen LogP contribution is 2.27. The summed E-state index contributed by atoms with van der Waals surface area (Å²) in [5.41, 5.74) is 0.00419. The van der Waals surface area contributed by atoms with E-state index in [2.05, 4.69) is 27.7 Å². The van der Waals surface area contributed by atoms with Crippen molar-refractivity contribution in [3.8, 4) is 0 Å². The minimum absolute atomic E-state index is 0.00419. The van der Waals surface area contributed by atoms with Gasteiger partial charge in [-0.05, 0) is 38.0 Å². The van der Waals surface area contributed by atoms with E-state index in [0.717, 1.165) is 19.3 Å². The van der Waals surface area contributed by atoms with E-state index in [1.807, 2.05) is 0 Å². The van der Waals surface area contributed by atoms with Crippen molar-refractivity contribution in [1.29, 1.82) is 0 Å². The molecular formula is C12H24O2. The minimum Gasteiger partial charge on any atom is -0.393 e. The van der Waals surface area contributed by atoms with Crippen molar-refractivity contribution in [2.45, 2.75) is 71.7 Å². The molecule has 2 heteroatoms. The summed E-state index contributed by atoms with van der Waals surface area (Å²) in [4.78, 5) is 0. The fourth-order valence-corrected chi connectivity index (χ4v) is 1.87. The second kappa shape index (κ2) is 4.63. The van der Waals surface area contributed by atoms with Gasteiger partial charge < -0.3 is 9.84 Å². The van der Waals surface area contributed by atoms with Crippen molar-refractivity contribution in [3.05, 3.63) is 0 Å². The van der Waals surface area contributed by atoms with Crippen LogP contribution in [0.2, 0.25) is 0 Å². The zero-order valence-corrected chi connectivity index (χ0v) is 9.92. The van der Waals surface area contributed by atoms with E-state index in [1.165, 1.54) is 6.42 Å². The topological polar surface area (TPSA) is 29.5 Å². The second-order valence-electron chi connectivity index (χ2n) is 5.61. The predicted octanol–water partition coefficient (Wildman–Crippen LogP) is 2.74. The number of aliphatic hydroxyl groups is 1. The van der Waals surface area contributed by atoms with Crippen LogP contribution in [0.1, 0.15) is 53.4 Å². The fourth-order valence-electron chi connectivity index (χ4n) is 1.87. The largest absolute Gasteiger partial charge is 0.393 e. The van der Waals surface area contributed by atoms with Crippen LogP contribution in [-0.4, -0.2) is 23.4 Å². The van der Waals surface area contributed by atoms with Gasteiger partial charge in [-0.25, -0.2) is 0 Å². The third-order valence-electron chi connectivity index (χ3n) is 3.08. The first-order valence-electron chi connectivity index (χ1n) is 5.73. The van der Waals surface area contributed by atoms with Gasteiger partial charge in [-0.3, -0.25) is 0 Å². The highest BCUT2D eigenvalue weighted by molar-refractivity contribution is 4.76. The maximum Gasteiger partial charge on any atom is 0.0589 e. The lowest BCUT2D eigenvalue weighted by atomic mass is 9.86. The van der Waals surface area contributed by atoms with Crippen LogP contribution in [0.5, 0.6) is 0 Å². The molecule has 0 aromatic carbocycles. The van der Waals surface area contributed by atoms with Gasteiger partial charge in [-0.2, -0.15) is 0 Å². The lowest BCUT2D eigenvalue weighted by molar-refractivity contribution is 0.0158. The van der Waals surface area contributed by atoms with Crippen LogP contribution >= 0.6 is 0 Å². The molecule has 1 aliphatic rings. The second-order valence-corrected chi connectivity index (χ2v) is 5.61. The van der Waals surface area contributed by atoms with Crippen LogP contribution in [0.15, 0.2) is 0 Å². The van der Waals surface area contributed by atoms with Crippen molar-refractivity contribution < 1.29 is 9.84 Å². The molecule has 0 radical (unpaired) electrons. The van der Waals surface area contributed by atoms with Gasteiger partial charge in [0.1, 0.15) is 0 Å². The Labute approximate surface area is 87.7 Å². The van der Waals surface area contributed by atoms with Crippen molar-refractivity contribution in [2.75, 3.05) is 0 Å². The molecule has 84 valence electrons. The maximum atomic E-state index is 9.86. The summed E-state index contributed by atoms with van der Waals surface area (Å²) in [7, 11) is 0. The van der Waals surface area contributed by atoms with Crippen LogP contribution in [0.25, 0.3) is 0 Å². The maximum absolute atomic E-state index is 9.86. The van der Waals surface area contributed by atoms with Crippen molar-refractivity contribution in [3.63, 3.8) is 0 Å². The molecule has 0 bridgehead atoms. The lowest BCUT2D eigenvalue weighted by Gasteiger charge is -2.26. The minimum atomic E-state index is -0.206. The van der Waals surface area contributed by atoms with Gasteiger partial charge >= 0.3 is 0 Å². The first kappa shape index (κ1) is 12.0. The zero-order chi connectivity index (χ0) is 10.8. The van der Waals surface area contributed by atoms with Crippen LogP contribution in [0.4, 0.5) is 0 Å². The van der Waals surface area contributed by atoms with Crippen molar-refractivity contribution in [2.24, 2.45) is 5.41 Å². The molecule has 0 saturated carbocycles. The Kier molecular flexibility index (Phi) is 3.96. The first-order chi connectivity index (χ1) is 6.39. The van der Waals surface area contributed by atoms with Gasteiger partial charge in [0.05, 0.1) is 18.3 Å². The Morgan fingerprint density at radius 1 is 1.36 bits per heavy atom. The Morgan fingerprint density at radius 2 is 2.00 bits per heavy atom. The Hall–Kier alpha value is -0.0800. The third kappa shape index (κ3) is 3.58. The van der Waals surface area contributed by atoms with Crippen LogP contribution in [0, 0.1) is 5.41 Å². The first-order valence-corrected chi connectivity index (χ1v) is 5.73. The molecule has 1 rings (SSSR count). The number of hydrogen-bond acceptors (Lipinski definition) is 2. The summed E-state index contributed by atoms with van der Waals surface area (Å²) in [6.45, 7) is 8.36. The zero-order valence-electron chi connectivity index (χ0n) is 9.92. The summed E-state index contributed by atoms with van der Waals surface area (Å²) < 4.78 is 5.71. The average Bonchev–Trinajstić information content (AvgIpc) is 2.45. The number of rotatable bonds is 3. The van der Waals surface area contributed by atoms with Crippen LogP contribution in [0.3, 0.4) is 0 Å². The number of aliphatic hydroxyl groups excluding tert-OH is 1. The van der Waals surface area contributed by atoms with Gasteiger partial charge in [0.25, 0.3) is 0 Å². The van der Waals surface area contributed by atoms with E-state index in [0.29, 0.717) is 12.2 Å². The molecular weight excluding hydrogens is 176 g/mol. The number of ether oxygens (including phenoxy) is 1. The molecule has 0 spiro atoms. The van der Waals surface area contributed by atoms with E-state index in [-0.39, 0.29) is 11.5 Å². The van der Waals surface area contributed by atoms with E-state index in [4.69, 9.17) is 4.74 Å². The molecule has 3 unspecified atom stereocenters. The molecule has 1 aliphatic heterocycles. The highest BCUT2D eigenvalue weighted by Gasteiger charge is 2.26. The summed E-state index contributed by atoms with van der Waals surface area (Å²) in [5.74, 6) is 0. The molecule has 14 heavy (non-hydrogen) atoms. The lowest BCUT2D eigenvalue weighted by Crippen LogP contribution is -2.27. The van der Waals surface area contributed by atoms with Crippen molar-refractivity contribution in [1.82, 2.24) is 0 Å². The Bertz CT molecular complexity index is 172. The monoisotopic (exact) mass is 200 g/mol. The van der Waals surface area contributed by atoms with Crippen molar-refractivity contribution >= 4 is 0 Å².